The zero-order chi connectivity index (χ0) is 18.2. The lowest BCUT2D eigenvalue weighted by Crippen LogP contribution is -2.31. The summed E-state index contributed by atoms with van der Waals surface area (Å²) in [6.07, 6.45) is 3.72. The number of rotatable bonds is 5. The Balaban J connectivity index is 1.20. The normalized spacial score (nSPS) is 31.8. The molecule has 2 bridgehead atoms. The minimum absolute atomic E-state index is 0.140. The van der Waals surface area contributed by atoms with Gasteiger partial charge in [0.15, 0.2) is 0 Å². The highest BCUT2D eigenvalue weighted by Gasteiger charge is 2.58. The molecule has 2 aromatic rings. The maximum absolute atomic E-state index is 12.5. The van der Waals surface area contributed by atoms with Crippen molar-refractivity contribution in [2.24, 2.45) is 23.7 Å². The number of fused-ring (bicyclic) bond motifs is 5. The molecule has 0 radical (unpaired) electrons. The predicted molar refractivity (Wildman–Crippen MR) is 105 cm³/mol. The Kier molecular flexibility index (Phi) is 4.48. The fourth-order valence-electron chi connectivity index (χ4n) is 5.85. The third kappa shape index (κ3) is 3.19. The van der Waals surface area contributed by atoms with Crippen LogP contribution in [0, 0.1) is 23.7 Å². The number of benzene rings is 2. The summed E-state index contributed by atoms with van der Waals surface area (Å²) in [7, 11) is 0. The van der Waals surface area contributed by atoms with Gasteiger partial charge in [-0.25, -0.2) is 4.79 Å². The Morgan fingerprint density at radius 2 is 1.44 bits per heavy atom. The summed E-state index contributed by atoms with van der Waals surface area (Å²) < 4.78 is 6.03. The largest absolute Gasteiger partial charge is 0.458 e. The van der Waals surface area contributed by atoms with Crippen LogP contribution in [0.25, 0.3) is 0 Å². The van der Waals surface area contributed by atoms with Crippen LogP contribution in [0.1, 0.15) is 28.8 Å². The molecule has 3 nitrogen and oxygen atoms in total. The van der Waals surface area contributed by atoms with Gasteiger partial charge < -0.3 is 9.64 Å². The van der Waals surface area contributed by atoms with Gasteiger partial charge in [-0.05, 0) is 48.8 Å². The first-order valence-electron chi connectivity index (χ1n) is 10.3. The van der Waals surface area contributed by atoms with Gasteiger partial charge in [-0.15, -0.1) is 0 Å². The third-order valence-corrected chi connectivity index (χ3v) is 7.08. The van der Waals surface area contributed by atoms with Crippen LogP contribution in [0.15, 0.2) is 60.7 Å². The smallest absolute Gasteiger partial charge is 0.338 e. The molecular formula is C24H27NO2. The van der Waals surface area contributed by atoms with E-state index >= 15 is 0 Å². The van der Waals surface area contributed by atoms with E-state index in [9.17, 15) is 4.79 Å². The molecule has 2 saturated carbocycles. The average Bonchev–Trinajstić information content (AvgIpc) is 3.38. The van der Waals surface area contributed by atoms with Crippen molar-refractivity contribution in [3.05, 3.63) is 71.8 Å². The van der Waals surface area contributed by atoms with Crippen LogP contribution in [-0.2, 0) is 11.2 Å². The van der Waals surface area contributed by atoms with E-state index in [-0.39, 0.29) is 12.1 Å². The second-order valence-electron chi connectivity index (χ2n) is 8.46. The topological polar surface area (TPSA) is 29.5 Å². The van der Waals surface area contributed by atoms with Crippen molar-refractivity contribution in [1.29, 1.82) is 0 Å². The molecule has 1 heterocycles. The Bertz CT molecular complexity index is 771. The van der Waals surface area contributed by atoms with Crippen molar-refractivity contribution in [1.82, 2.24) is 4.90 Å². The molecule has 2 aromatic carbocycles. The number of hydrogen-bond donors (Lipinski definition) is 0. The maximum Gasteiger partial charge on any atom is 0.338 e. The molecule has 5 rings (SSSR count). The van der Waals surface area contributed by atoms with E-state index in [1.807, 2.05) is 30.3 Å². The zero-order valence-electron chi connectivity index (χ0n) is 15.7. The fraction of sp³-hybridized carbons (Fsp3) is 0.458. The molecule has 4 atom stereocenters. The number of nitrogens with zero attached hydrogens (tertiary/aromatic N) is 1. The summed E-state index contributed by atoms with van der Waals surface area (Å²) in [6, 6.07) is 20.2. The Morgan fingerprint density at radius 3 is 2.07 bits per heavy atom. The third-order valence-electron chi connectivity index (χ3n) is 7.08. The van der Waals surface area contributed by atoms with Gasteiger partial charge in [-0.3, -0.25) is 0 Å². The van der Waals surface area contributed by atoms with Gasteiger partial charge in [-0.1, -0.05) is 48.5 Å². The number of carbonyl (C=O) groups is 1. The Labute approximate surface area is 161 Å². The van der Waals surface area contributed by atoms with Crippen molar-refractivity contribution < 1.29 is 9.53 Å². The average molecular weight is 361 g/mol. The van der Waals surface area contributed by atoms with E-state index in [0.717, 1.165) is 13.0 Å². The number of ether oxygens (including phenoxy) is 1. The Hall–Kier alpha value is -2.13. The lowest BCUT2D eigenvalue weighted by atomic mass is 9.82. The van der Waals surface area contributed by atoms with Crippen LogP contribution in [0.4, 0.5) is 0 Å². The van der Waals surface area contributed by atoms with Crippen LogP contribution in [0.5, 0.6) is 0 Å². The second-order valence-corrected chi connectivity index (χ2v) is 8.46. The maximum atomic E-state index is 12.5. The molecule has 140 valence electrons. The van der Waals surface area contributed by atoms with Crippen LogP contribution >= 0.6 is 0 Å². The van der Waals surface area contributed by atoms with Gasteiger partial charge in [0, 0.05) is 31.5 Å². The van der Waals surface area contributed by atoms with Gasteiger partial charge >= 0.3 is 5.97 Å². The van der Waals surface area contributed by atoms with E-state index in [1.54, 1.807) is 0 Å². The quantitative estimate of drug-likeness (QED) is 0.753. The second kappa shape index (κ2) is 7.12. The number of carbonyl (C=O) groups excluding carboxylic acids is 1. The number of hydrogen-bond acceptors (Lipinski definition) is 3. The summed E-state index contributed by atoms with van der Waals surface area (Å²) in [6.45, 7) is 3.50. The molecule has 2 aliphatic carbocycles. The van der Waals surface area contributed by atoms with Gasteiger partial charge in [0.25, 0.3) is 0 Å². The summed E-state index contributed by atoms with van der Waals surface area (Å²) in [4.78, 5) is 15.2. The highest BCUT2D eigenvalue weighted by molar-refractivity contribution is 5.89. The van der Waals surface area contributed by atoms with E-state index in [0.29, 0.717) is 29.2 Å². The molecule has 0 amide bonds. The fourth-order valence-corrected chi connectivity index (χ4v) is 5.85. The molecule has 27 heavy (non-hydrogen) atoms. The predicted octanol–water partition coefficient (Wildman–Crippen LogP) is 4.04. The summed E-state index contributed by atoms with van der Waals surface area (Å²) in [5.74, 6) is 2.42. The molecule has 0 aromatic heterocycles. The molecule has 3 fully saturated rings. The zero-order valence-corrected chi connectivity index (χ0v) is 15.7. The molecule has 0 unspecified atom stereocenters. The highest BCUT2D eigenvalue weighted by Crippen LogP contribution is 2.56. The van der Waals surface area contributed by atoms with Gasteiger partial charge in [-0.2, -0.15) is 0 Å². The summed E-state index contributed by atoms with van der Waals surface area (Å²) >= 11 is 0. The van der Waals surface area contributed by atoms with Crippen molar-refractivity contribution in [3.8, 4) is 0 Å². The van der Waals surface area contributed by atoms with Crippen LogP contribution in [0.2, 0.25) is 0 Å². The Morgan fingerprint density at radius 1 is 0.852 bits per heavy atom. The van der Waals surface area contributed by atoms with E-state index in [1.165, 1.54) is 31.5 Å². The lowest BCUT2D eigenvalue weighted by molar-refractivity contribution is 0.0135. The number of esters is 1. The monoisotopic (exact) mass is 361 g/mol. The molecule has 1 aliphatic heterocycles. The minimum Gasteiger partial charge on any atom is -0.458 e. The van der Waals surface area contributed by atoms with Crippen molar-refractivity contribution in [3.63, 3.8) is 0 Å². The van der Waals surface area contributed by atoms with Gasteiger partial charge in [0.05, 0.1) is 5.56 Å². The highest BCUT2D eigenvalue weighted by atomic mass is 16.5. The first kappa shape index (κ1) is 17.0. The van der Waals surface area contributed by atoms with Crippen molar-refractivity contribution in [2.75, 3.05) is 19.6 Å². The van der Waals surface area contributed by atoms with Gasteiger partial charge in [0.1, 0.15) is 6.10 Å². The molecule has 0 spiro atoms. The van der Waals surface area contributed by atoms with Crippen LogP contribution in [0.3, 0.4) is 0 Å². The molecule has 3 aliphatic rings. The van der Waals surface area contributed by atoms with E-state index in [2.05, 4.69) is 35.2 Å². The van der Waals surface area contributed by atoms with E-state index in [4.69, 9.17) is 4.74 Å². The molecular weight excluding hydrogens is 334 g/mol. The number of likely N-dealkylation sites (tertiary alicyclic amines) is 1. The lowest BCUT2D eigenvalue weighted by Gasteiger charge is -2.23. The van der Waals surface area contributed by atoms with E-state index < -0.39 is 0 Å². The van der Waals surface area contributed by atoms with Gasteiger partial charge in [0.2, 0.25) is 0 Å². The molecule has 1 saturated heterocycles. The SMILES string of the molecule is O=C(OC1[C@H]2CC[C@H]1[C@@H]1CN(CCc3ccccc3)C[C@H]12)c1ccccc1. The van der Waals surface area contributed by atoms with Crippen molar-refractivity contribution >= 4 is 5.97 Å². The summed E-state index contributed by atoms with van der Waals surface area (Å²) in [5, 5.41) is 0. The standard InChI is InChI=1S/C24H27NO2/c26-24(18-9-5-2-6-10-18)27-23-19-11-12-20(23)22-16-25(15-21(19)22)14-13-17-7-3-1-4-8-17/h1-10,19-23H,11-16H2/t19-,20-,21-,22-/m0/s1. The molecule has 0 N–H and O–H groups in total. The van der Waals surface area contributed by atoms with Crippen LogP contribution < -0.4 is 0 Å². The summed E-state index contributed by atoms with van der Waals surface area (Å²) in [5.41, 5.74) is 2.10. The molecule has 3 heteroatoms. The van der Waals surface area contributed by atoms with Crippen LogP contribution in [-0.4, -0.2) is 36.6 Å². The first-order valence-corrected chi connectivity index (χ1v) is 10.3. The van der Waals surface area contributed by atoms with Crippen molar-refractivity contribution in [2.45, 2.75) is 25.4 Å². The first-order chi connectivity index (χ1) is 13.3. The minimum atomic E-state index is -0.140.